The normalized spacial score (nSPS) is 15.4. The third kappa shape index (κ3) is 4.43. The monoisotopic (exact) mass is 337 g/mol. The summed E-state index contributed by atoms with van der Waals surface area (Å²) < 4.78 is 13.0. The molecule has 1 fully saturated rings. The van der Waals surface area contributed by atoms with Gasteiger partial charge in [0.15, 0.2) is 0 Å². The molecule has 3 rings (SSSR count). The Labute approximate surface area is 147 Å². The van der Waals surface area contributed by atoms with Gasteiger partial charge in [-0.25, -0.2) is 4.39 Å². The first-order valence-corrected chi connectivity index (χ1v) is 8.42. The molecule has 25 heavy (non-hydrogen) atoms. The lowest BCUT2D eigenvalue weighted by molar-refractivity contribution is 0.0761. The first kappa shape index (κ1) is 17.1. The van der Waals surface area contributed by atoms with Crippen molar-refractivity contribution >= 4 is 5.91 Å². The summed E-state index contributed by atoms with van der Waals surface area (Å²) in [4.78, 5) is 16.7. The van der Waals surface area contributed by atoms with E-state index in [-0.39, 0.29) is 11.7 Å². The minimum atomic E-state index is -0.332. The Morgan fingerprint density at radius 3 is 2.40 bits per heavy atom. The van der Waals surface area contributed by atoms with Gasteiger partial charge >= 0.3 is 0 Å². The Morgan fingerprint density at radius 2 is 1.72 bits per heavy atom. The molecule has 2 aromatic rings. The van der Waals surface area contributed by atoms with Gasteiger partial charge in [0.05, 0.1) is 11.6 Å². The summed E-state index contributed by atoms with van der Waals surface area (Å²) in [5, 5.41) is 8.86. The number of hydrogen-bond acceptors (Lipinski definition) is 3. The smallest absolute Gasteiger partial charge is 0.253 e. The van der Waals surface area contributed by atoms with Crippen LogP contribution >= 0.6 is 0 Å². The SMILES string of the molecule is N#Cc1ccc(CN2CCCN(C(=O)c3ccc(F)cc3)CC2)cc1. The van der Waals surface area contributed by atoms with Crippen LogP contribution in [-0.2, 0) is 6.54 Å². The Bertz CT molecular complexity index is 765. The Kier molecular flexibility index (Phi) is 5.42. The molecular weight excluding hydrogens is 317 g/mol. The minimum Gasteiger partial charge on any atom is -0.337 e. The van der Waals surface area contributed by atoms with E-state index in [0.717, 1.165) is 31.6 Å². The molecule has 1 aliphatic heterocycles. The van der Waals surface area contributed by atoms with Gasteiger partial charge in [0.25, 0.3) is 5.91 Å². The maximum absolute atomic E-state index is 13.0. The van der Waals surface area contributed by atoms with Crippen LogP contribution in [0.5, 0.6) is 0 Å². The van der Waals surface area contributed by atoms with E-state index >= 15 is 0 Å². The summed E-state index contributed by atoms with van der Waals surface area (Å²) in [5.74, 6) is -0.374. The quantitative estimate of drug-likeness (QED) is 0.865. The summed E-state index contributed by atoms with van der Waals surface area (Å²) >= 11 is 0. The highest BCUT2D eigenvalue weighted by atomic mass is 19.1. The van der Waals surface area contributed by atoms with Crippen LogP contribution in [0.4, 0.5) is 4.39 Å². The van der Waals surface area contributed by atoms with Gasteiger partial charge in [-0.1, -0.05) is 12.1 Å². The number of rotatable bonds is 3. The number of nitriles is 1. The van der Waals surface area contributed by atoms with E-state index in [1.54, 1.807) is 0 Å². The predicted molar refractivity (Wildman–Crippen MR) is 93.4 cm³/mol. The van der Waals surface area contributed by atoms with Gasteiger partial charge in [-0.3, -0.25) is 9.69 Å². The van der Waals surface area contributed by atoms with Crippen molar-refractivity contribution in [3.05, 3.63) is 71.0 Å². The van der Waals surface area contributed by atoms with Gasteiger partial charge < -0.3 is 4.90 Å². The van der Waals surface area contributed by atoms with E-state index in [4.69, 9.17) is 5.26 Å². The molecule has 0 unspecified atom stereocenters. The van der Waals surface area contributed by atoms with Crippen LogP contribution in [0, 0.1) is 17.1 Å². The van der Waals surface area contributed by atoms with Gasteiger partial charge in [-0.15, -0.1) is 0 Å². The molecule has 0 atom stereocenters. The van der Waals surface area contributed by atoms with E-state index in [0.29, 0.717) is 24.2 Å². The van der Waals surface area contributed by atoms with Crippen molar-refractivity contribution < 1.29 is 9.18 Å². The molecule has 0 radical (unpaired) electrons. The van der Waals surface area contributed by atoms with Crippen molar-refractivity contribution in [3.63, 3.8) is 0 Å². The molecular formula is C20H20FN3O. The first-order valence-electron chi connectivity index (χ1n) is 8.42. The van der Waals surface area contributed by atoms with E-state index in [9.17, 15) is 9.18 Å². The Morgan fingerprint density at radius 1 is 1.00 bits per heavy atom. The fourth-order valence-corrected chi connectivity index (χ4v) is 3.05. The third-order valence-corrected chi connectivity index (χ3v) is 4.46. The van der Waals surface area contributed by atoms with Crippen LogP contribution in [0.25, 0.3) is 0 Å². The largest absolute Gasteiger partial charge is 0.337 e. The molecule has 2 aromatic carbocycles. The van der Waals surface area contributed by atoms with Gasteiger partial charge in [0, 0.05) is 38.3 Å². The molecule has 0 saturated carbocycles. The highest BCUT2D eigenvalue weighted by Crippen LogP contribution is 2.13. The summed E-state index contributed by atoms with van der Waals surface area (Å²) in [6.07, 6.45) is 0.906. The zero-order chi connectivity index (χ0) is 17.6. The second-order valence-electron chi connectivity index (χ2n) is 6.24. The van der Waals surface area contributed by atoms with Crippen molar-refractivity contribution in [2.24, 2.45) is 0 Å². The summed E-state index contributed by atoms with van der Waals surface area (Å²) in [7, 11) is 0. The molecule has 1 aliphatic rings. The molecule has 0 aliphatic carbocycles. The highest BCUT2D eigenvalue weighted by Gasteiger charge is 2.20. The van der Waals surface area contributed by atoms with Crippen molar-refractivity contribution in [2.75, 3.05) is 26.2 Å². The third-order valence-electron chi connectivity index (χ3n) is 4.46. The van der Waals surface area contributed by atoms with E-state index < -0.39 is 0 Å². The topological polar surface area (TPSA) is 47.3 Å². The number of halogens is 1. The standard InChI is InChI=1S/C20H20FN3O/c21-19-8-6-18(7-9-19)20(25)24-11-1-10-23(12-13-24)15-17-4-2-16(14-22)3-5-17/h2-9H,1,10-13,15H2. The molecule has 1 saturated heterocycles. The fourth-order valence-electron chi connectivity index (χ4n) is 3.05. The van der Waals surface area contributed by atoms with Crippen LogP contribution in [-0.4, -0.2) is 41.9 Å². The van der Waals surface area contributed by atoms with Gasteiger partial charge in [0.1, 0.15) is 5.82 Å². The van der Waals surface area contributed by atoms with Gasteiger partial charge in [0.2, 0.25) is 0 Å². The Hall–Kier alpha value is -2.71. The number of hydrogen-bond donors (Lipinski definition) is 0. The van der Waals surface area contributed by atoms with E-state index in [1.807, 2.05) is 29.2 Å². The number of carbonyl (C=O) groups is 1. The molecule has 0 bridgehead atoms. The molecule has 0 aromatic heterocycles. The van der Waals surface area contributed by atoms with Crippen molar-refractivity contribution in [3.8, 4) is 6.07 Å². The first-order chi connectivity index (χ1) is 12.2. The van der Waals surface area contributed by atoms with Gasteiger partial charge in [-0.2, -0.15) is 5.26 Å². The number of nitrogens with zero attached hydrogens (tertiary/aromatic N) is 3. The maximum atomic E-state index is 13.0. The zero-order valence-electron chi connectivity index (χ0n) is 14.0. The number of carbonyl (C=O) groups excluding carboxylic acids is 1. The highest BCUT2D eigenvalue weighted by molar-refractivity contribution is 5.94. The maximum Gasteiger partial charge on any atom is 0.253 e. The van der Waals surface area contributed by atoms with E-state index in [2.05, 4.69) is 11.0 Å². The molecule has 0 spiro atoms. The van der Waals surface area contributed by atoms with Crippen LogP contribution in [0.1, 0.15) is 27.9 Å². The minimum absolute atomic E-state index is 0.0415. The lowest BCUT2D eigenvalue weighted by Crippen LogP contribution is -2.35. The molecule has 1 amide bonds. The molecule has 4 nitrogen and oxygen atoms in total. The number of benzene rings is 2. The average Bonchev–Trinajstić information content (AvgIpc) is 2.88. The lowest BCUT2D eigenvalue weighted by Gasteiger charge is -2.22. The fraction of sp³-hybridized carbons (Fsp3) is 0.300. The van der Waals surface area contributed by atoms with Crippen molar-refractivity contribution in [2.45, 2.75) is 13.0 Å². The molecule has 1 heterocycles. The zero-order valence-corrected chi connectivity index (χ0v) is 14.0. The van der Waals surface area contributed by atoms with Crippen LogP contribution in [0.2, 0.25) is 0 Å². The molecule has 5 heteroatoms. The van der Waals surface area contributed by atoms with Crippen LogP contribution in [0.15, 0.2) is 48.5 Å². The van der Waals surface area contributed by atoms with Crippen molar-refractivity contribution in [1.29, 1.82) is 5.26 Å². The Balaban J connectivity index is 1.59. The summed E-state index contributed by atoms with van der Waals surface area (Å²) in [5.41, 5.74) is 2.36. The number of amides is 1. The lowest BCUT2D eigenvalue weighted by atomic mass is 10.1. The average molecular weight is 337 g/mol. The summed E-state index contributed by atoms with van der Waals surface area (Å²) in [6.45, 7) is 3.90. The van der Waals surface area contributed by atoms with Crippen LogP contribution in [0.3, 0.4) is 0 Å². The second kappa shape index (κ2) is 7.91. The van der Waals surface area contributed by atoms with Crippen LogP contribution < -0.4 is 0 Å². The molecule has 128 valence electrons. The predicted octanol–water partition coefficient (Wildman–Crippen LogP) is 3.05. The van der Waals surface area contributed by atoms with Crippen molar-refractivity contribution in [1.82, 2.24) is 9.80 Å². The van der Waals surface area contributed by atoms with Gasteiger partial charge in [-0.05, 0) is 48.4 Å². The summed E-state index contributed by atoms with van der Waals surface area (Å²) in [6, 6.07) is 15.5. The molecule has 0 N–H and O–H groups in total. The van der Waals surface area contributed by atoms with E-state index in [1.165, 1.54) is 24.3 Å². The second-order valence-corrected chi connectivity index (χ2v) is 6.24.